The Kier molecular flexibility index (Phi) is 3.77. The number of methoxy groups -OCH3 is 1. The first kappa shape index (κ1) is 15.2. The number of aliphatic hydroxyl groups is 1. The molecule has 2 aliphatic rings. The van der Waals surface area contributed by atoms with Gasteiger partial charge in [0.2, 0.25) is 0 Å². The molecule has 1 aliphatic heterocycles. The molecule has 24 heavy (non-hydrogen) atoms. The molecule has 4 rings (SSSR count). The summed E-state index contributed by atoms with van der Waals surface area (Å²) in [5, 5.41) is 9.67. The van der Waals surface area contributed by atoms with Gasteiger partial charge in [-0.05, 0) is 47.1 Å². The van der Waals surface area contributed by atoms with Crippen molar-refractivity contribution in [3.63, 3.8) is 0 Å². The van der Waals surface area contributed by atoms with E-state index in [2.05, 4.69) is 30.3 Å². The van der Waals surface area contributed by atoms with Crippen LogP contribution in [0.15, 0.2) is 48.5 Å². The highest BCUT2D eigenvalue weighted by Crippen LogP contribution is 2.49. The summed E-state index contributed by atoms with van der Waals surface area (Å²) < 4.78 is 4.98. The van der Waals surface area contributed by atoms with Gasteiger partial charge in [-0.1, -0.05) is 42.5 Å². The Bertz CT molecular complexity index is 759. The number of nitrogens with zero attached hydrogens (tertiary/aromatic N) is 1. The summed E-state index contributed by atoms with van der Waals surface area (Å²) in [7, 11) is 1.40. The monoisotopic (exact) mass is 323 g/mol. The van der Waals surface area contributed by atoms with Crippen LogP contribution in [-0.2, 0) is 11.2 Å². The van der Waals surface area contributed by atoms with E-state index in [-0.39, 0.29) is 24.8 Å². The first-order chi connectivity index (χ1) is 11.7. The van der Waals surface area contributed by atoms with Gasteiger partial charge in [-0.15, -0.1) is 0 Å². The van der Waals surface area contributed by atoms with Gasteiger partial charge in [0.1, 0.15) is 0 Å². The third-order valence-electron chi connectivity index (χ3n) is 5.36. The molecular weight excluding hydrogens is 302 g/mol. The summed E-state index contributed by atoms with van der Waals surface area (Å²) in [6, 6.07) is 16.6. The van der Waals surface area contributed by atoms with Gasteiger partial charge in [0.15, 0.2) is 0 Å². The molecular formula is C20H21NO3. The Labute approximate surface area is 141 Å². The molecule has 124 valence electrons. The largest absolute Gasteiger partial charge is 0.453 e. The van der Waals surface area contributed by atoms with Crippen LogP contribution >= 0.6 is 0 Å². The van der Waals surface area contributed by atoms with E-state index in [1.54, 1.807) is 4.90 Å². The number of fused-ring (bicyclic) bond motifs is 3. The van der Waals surface area contributed by atoms with Gasteiger partial charge < -0.3 is 9.84 Å². The molecule has 1 saturated heterocycles. The number of amides is 1. The van der Waals surface area contributed by atoms with Crippen molar-refractivity contribution in [2.45, 2.75) is 24.9 Å². The van der Waals surface area contributed by atoms with E-state index in [9.17, 15) is 9.90 Å². The Morgan fingerprint density at radius 3 is 2.71 bits per heavy atom. The van der Waals surface area contributed by atoms with E-state index >= 15 is 0 Å². The number of hydrogen-bond acceptors (Lipinski definition) is 3. The molecule has 1 fully saturated rings. The van der Waals surface area contributed by atoms with Gasteiger partial charge in [-0.2, -0.15) is 0 Å². The zero-order valence-corrected chi connectivity index (χ0v) is 13.7. The molecule has 4 nitrogen and oxygen atoms in total. The Balaban J connectivity index is 1.75. The second-order valence-corrected chi connectivity index (χ2v) is 6.64. The van der Waals surface area contributed by atoms with Crippen molar-refractivity contribution in [1.29, 1.82) is 0 Å². The van der Waals surface area contributed by atoms with Crippen LogP contribution in [0.3, 0.4) is 0 Å². The average Bonchev–Trinajstić information content (AvgIpc) is 3.16. The van der Waals surface area contributed by atoms with E-state index < -0.39 is 0 Å². The molecule has 1 heterocycles. The van der Waals surface area contributed by atoms with E-state index in [1.165, 1.54) is 23.8 Å². The molecule has 0 saturated carbocycles. The fraction of sp³-hybridized carbons (Fsp3) is 0.350. The molecule has 0 unspecified atom stereocenters. The van der Waals surface area contributed by atoms with E-state index in [0.717, 1.165) is 18.4 Å². The third kappa shape index (κ3) is 2.29. The fourth-order valence-corrected chi connectivity index (χ4v) is 4.32. The Morgan fingerprint density at radius 2 is 2.00 bits per heavy atom. The topological polar surface area (TPSA) is 49.8 Å². The number of carbonyl (C=O) groups excluding carboxylic acids is 1. The average molecular weight is 323 g/mol. The molecule has 1 N–H and O–H groups in total. The van der Waals surface area contributed by atoms with Crippen molar-refractivity contribution in [2.24, 2.45) is 5.92 Å². The Morgan fingerprint density at radius 1 is 1.21 bits per heavy atom. The molecule has 0 spiro atoms. The lowest BCUT2D eigenvalue weighted by Gasteiger charge is -2.28. The number of likely N-dealkylation sites (tertiary alicyclic amines) is 1. The van der Waals surface area contributed by atoms with Gasteiger partial charge in [-0.25, -0.2) is 4.79 Å². The van der Waals surface area contributed by atoms with Crippen LogP contribution in [0.2, 0.25) is 0 Å². The number of ether oxygens (including phenoxy) is 1. The first-order valence-corrected chi connectivity index (χ1v) is 8.38. The van der Waals surface area contributed by atoms with Crippen LogP contribution in [-0.4, -0.2) is 35.9 Å². The highest BCUT2D eigenvalue weighted by atomic mass is 16.5. The standard InChI is InChI=1S/C20H21NO3/c1-24-20(23)21-17(12-22)10-16-9-15-8-7-14(11-18(15)19(16)21)13-5-3-2-4-6-13/h2-8,11,16-17,19,22H,9-10,12H2,1H3/t16-,17+,19+/m1/s1. The van der Waals surface area contributed by atoms with Crippen molar-refractivity contribution in [3.05, 3.63) is 59.7 Å². The van der Waals surface area contributed by atoms with E-state index in [0.29, 0.717) is 5.92 Å². The molecule has 1 aliphatic carbocycles. The normalized spacial score (nSPS) is 24.6. The summed E-state index contributed by atoms with van der Waals surface area (Å²) in [6.45, 7) is -0.0180. The molecule has 4 heteroatoms. The SMILES string of the molecule is COC(=O)N1[C@H](CO)C[C@H]2Cc3ccc(-c4ccccc4)cc3[C@H]21. The van der Waals surface area contributed by atoms with Crippen molar-refractivity contribution in [3.8, 4) is 11.1 Å². The number of carbonyl (C=O) groups is 1. The second kappa shape index (κ2) is 5.95. The molecule has 0 aromatic heterocycles. The summed E-state index contributed by atoms with van der Waals surface area (Å²) in [6.07, 6.45) is 1.43. The van der Waals surface area contributed by atoms with Gasteiger partial charge in [0.05, 0.1) is 25.8 Å². The minimum absolute atomic E-state index is 0.00765. The smallest absolute Gasteiger partial charge is 0.410 e. The molecule has 3 atom stereocenters. The second-order valence-electron chi connectivity index (χ2n) is 6.64. The van der Waals surface area contributed by atoms with Gasteiger partial charge in [0, 0.05) is 0 Å². The third-order valence-corrected chi connectivity index (χ3v) is 5.36. The lowest BCUT2D eigenvalue weighted by molar-refractivity contribution is 0.0835. The van der Waals surface area contributed by atoms with Crippen molar-refractivity contribution in [1.82, 2.24) is 4.90 Å². The maximum Gasteiger partial charge on any atom is 0.410 e. The van der Waals surface area contributed by atoms with Crippen molar-refractivity contribution in [2.75, 3.05) is 13.7 Å². The summed E-state index contributed by atoms with van der Waals surface area (Å²) in [5.41, 5.74) is 4.83. The zero-order chi connectivity index (χ0) is 16.7. The van der Waals surface area contributed by atoms with Crippen molar-refractivity contribution >= 4 is 6.09 Å². The highest BCUT2D eigenvalue weighted by Gasteiger charge is 2.48. The summed E-state index contributed by atoms with van der Waals surface area (Å²) in [5.74, 6) is 0.363. The molecule has 0 radical (unpaired) electrons. The minimum Gasteiger partial charge on any atom is -0.453 e. The number of rotatable bonds is 2. The van der Waals surface area contributed by atoms with Gasteiger partial charge >= 0.3 is 6.09 Å². The lowest BCUT2D eigenvalue weighted by atomic mass is 9.98. The molecule has 0 bridgehead atoms. The van der Waals surface area contributed by atoms with E-state index in [4.69, 9.17) is 4.74 Å². The minimum atomic E-state index is -0.348. The quantitative estimate of drug-likeness (QED) is 0.921. The predicted molar refractivity (Wildman–Crippen MR) is 91.5 cm³/mol. The number of benzene rings is 2. The summed E-state index contributed by atoms with van der Waals surface area (Å²) in [4.78, 5) is 14.0. The van der Waals surface area contributed by atoms with Crippen LogP contribution in [0.25, 0.3) is 11.1 Å². The van der Waals surface area contributed by atoms with Crippen molar-refractivity contribution < 1.29 is 14.6 Å². The van der Waals surface area contributed by atoms with Crippen LogP contribution in [0, 0.1) is 5.92 Å². The van der Waals surface area contributed by atoms with Gasteiger partial charge in [0.25, 0.3) is 0 Å². The van der Waals surface area contributed by atoms with E-state index in [1.807, 2.05) is 18.2 Å². The fourth-order valence-electron chi connectivity index (χ4n) is 4.32. The molecule has 1 amide bonds. The van der Waals surface area contributed by atoms with Gasteiger partial charge in [-0.3, -0.25) is 4.90 Å². The maximum atomic E-state index is 12.3. The Hall–Kier alpha value is -2.33. The first-order valence-electron chi connectivity index (χ1n) is 8.38. The van der Waals surface area contributed by atoms with Crippen LogP contribution in [0.1, 0.15) is 23.6 Å². The van der Waals surface area contributed by atoms with Crippen LogP contribution in [0.5, 0.6) is 0 Å². The zero-order valence-electron chi connectivity index (χ0n) is 13.7. The highest BCUT2D eigenvalue weighted by molar-refractivity contribution is 5.71. The summed E-state index contributed by atoms with van der Waals surface area (Å²) >= 11 is 0. The number of aliphatic hydroxyl groups excluding tert-OH is 1. The van der Waals surface area contributed by atoms with Crippen LogP contribution in [0.4, 0.5) is 4.79 Å². The predicted octanol–water partition coefficient (Wildman–Crippen LogP) is 3.40. The maximum absolute atomic E-state index is 12.3. The molecule has 2 aromatic carbocycles. The molecule has 2 aromatic rings. The lowest BCUT2D eigenvalue weighted by Crippen LogP contribution is -2.39. The number of hydrogen-bond donors (Lipinski definition) is 1. The van der Waals surface area contributed by atoms with Crippen LogP contribution < -0.4 is 0 Å².